The van der Waals surface area contributed by atoms with Crippen molar-refractivity contribution in [2.75, 3.05) is 11.4 Å². The molecule has 0 aliphatic heterocycles. The molecule has 0 fully saturated rings. The summed E-state index contributed by atoms with van der Waals surface area (Å²) < 4.78 is 1.00. The van der Waals surface area contributed by atoms with Crippen LogP contribution < -0.4 is 4.90 Å². The van der Waals surface area contributed by atoms with Crippen LogP contribution in [0.5, 0.6) is 0 Å². The number of amides is 1. The molecule has 0 aliphatic carbocycles. The fourth-order valence-electron chi connectivity index (χ4n) is 1.81. The molecule has 1 amide bonds. The number of carbonyl (C=O) groups excluding carboxylic acids is 1. The Hall–Kier alpha value is -0.830. The van der Waals surface area contributed by atoms with E-state index in [9.17, 15) is 4.79 Å². The molecule has 100 valence electrons. The van der Waals surface area contributed by atoms with Crippen molar-refractivity contribution >= 4 is 27.5 Å². The van der Waals surface area contributed by atoms with Crippen molar-refractivity contribution in [2.45, 2.75) is 40.5 Å². The molecule has 0 saturated carbocycles. The van der Waals surface area contributed by atoms with E-state index >= 15 is 0 Å². The summed E-state index contributed by atoms with van der Waals surface area (Å²) in [6.45, 7) is 9.14. The van der Waals surface area contributed by atoms with Gasteiger partial charge in [-0.25, -0.2) is 0 Å². The Morgan fingerprint density at radius 2 is 2.00 bits per heavy atom. The zero-order valence-corrected chi connectivity index (χ0v) is 13.3. The summed E-state index contributed by atoms with van der Waals surface area (Å²) in [4.78, 5) is 14.3. The number of anilines is 1. The van der Waals surface area contributed by atoms with E-state index in [1.54, 1.807) is 0 Å². The van der Waals surface area contributed by atoms with Crippen molar-refractivity contribution in [1.82, 2.24) is 0 Å². The fourth-order valence-corrected chi connectivity index (χ4v) is 2.20. The second-order valence-electron chi connectivity index (χ2n) is 5.76. The van der Waals surface area contributed by atoms with Crippen molar-refractivity contribution < 1.29 is 4.79 Å². The first-order chi connectivity index (χ1) is 8.33. The highest BCUT2D eigenvalue weighted by Gasteiger charge is 2.21. The standard InChI is InChI=1S/C15H22BrNO/c1-5-9-17(14(18)11-15(2,3)4)13-8-6-7-12(16)10-13/h6-8,10H,5,9,11H2,1-4H3. The van der Waals surface area contributed by atoms with Gasteiger partial charge >= 0.3 is 0 Å². The van der Waals surface area contributed by atoms with Crippen molar-refractivity contribution in [3.63, 3.8) is 0 Å². The molecular weight excluding hydrogens is 290 g/mol. The van der Waals surface area contributed by atoms with E-state index in [0.717, 1.165) is 23.1 Å². The largest absolute Gasteiger partial charge is 0.312 e. The van der Waals surface area contributed by atoms with Gasteiger partial charge in [0, 0.05) is 23.1 Å². The number of hydrogen-bond donors (Lipinski definition) is 0. The summed E-state index contributed by atoms with van der Waals surface area (Å²) in [7, 11) is 0. The molecular formula is C15H22BrNO. The lowest BCUT2D eigenvalue weighted by Crippen LogP contribution is -2.34. The molecule has 0 aromatic heterocycles. The molecule has 3 heteroatoms. The lowest BCUT2D eigenvalue weighted by atomic mass is 9.91. The summed E-state index contributed by atoms with van der Waals surface area (Å²) in [6, 6.07) is 7.92. The maximum absolute atomic E-state index is 12.4. The maximum atomic E-state index is 12.4. The normalized spacial score (nSPS) is 11.4. The van der Waals surface area contributed by atoms with E-state index < -0.39 is 0 Å². The molecule has 0 radical (unpaired) electrons. The second-order valence-corrected chi connectivity index (χ2v) is 6.68. The van der Waals surface area contributed by atoms with Gasteiger partial charge in [0.1, 0.15) is 0 Å². The smallest absolute Gasteiger partial charge is 0.227 e. The summed E-state index contributed by atoms with van der Waals surface area (Å²) in [5.41, 5.74) is 0.996. The van der Waals surface area contributed by atoms with Gasteiger partial charge in [-0.05, 0) is 30.0 Å². The third kappa shape index (κ3) is 4.81. The molecule has 0 atom stereocenters. The minimum Gasteiger partial charge on any atom is -0.312 e. The van der Waals surface area contributed by atoms with Crippen molar-refractivity contribution in [2.24, 2.45) is 5.41 Å². The molecule has 1 rings (SSSR count). The van der Waals surface area contributed by atoms with Crippen LogP contribution in [0.4, 0.5) is 5.69 Å². The number of benzene rings is 1. The van der Waals surface area contributed by atoms with Gasteiger partial charge in [0.2, 0.25) is 5.91 Å². The van der Waals surface area contributed by atoms with Gasteiger partial charge in [0.15, 0.2) is 0 Å². The van der Waals surface area contributed by atoms with Crippen LogP contribution in [-0.2, 0) is 4.79 Å². The SMILES string of the molecule is CCCN(C(=O)CC(C)(C)C)c1cccc(Br)c1. The second kappa shape index (κ2) is 6.37. The summed E-state index contributed by atoms with van der Waals surface area (Å²) in [5.74, 6) is 0.197. The predicted molar refractivity (Wildman–Crippen MR) is 80.9 cm³/mol. The fraction of sp³-hybridized carbons (Fsp3) is 0.533. The van der Waals surface area contributed by atoms with Crippen LogP contribution in [0.15, 0.2) is 28.7 Å². The summed E-state index contributed by atoms with van der Waals surface area (Å²) in [5, 5.41) is 0. The van der Waals surface area contributed by atoms with Crippen molar-refractivity contribution in [3.8, 4) is 0 Å². The average molecular weight is 312 g/mol. The van der Waals surface area contributed by atoms with Crippen LogP contribution in [0, 0.1) is 5.41 Å². The highest BCUT2D eigenvalue weighted by Crippen LogP contribution is 2.25. The Kier molecular flexibility index (Phi) is 5.39. The monoisotopic (exact) mass is 311 g/mol. The number of hydrogen-bond acceptors (Lipinski definition) is 1. The molecule has 0 N–H and O–H groups in total. The van der Waals surface area contributed by atoms with Gasteiger partial charge in [-0.2, -0.15) is 0 Å². The van der Waals surface area contributed by atoms with Crippen molar-refractivity contribution in [1.29, 1.82) is 0 Å². The first-order valence-corrected chi connectivity index (χ1v) is 7.19. The molecule has 18 heavy (non-hydrogen) atoms. The highest BCUT2D eigenvalue weighted by atomic mass is 79.9. The Labute approximate surface area is 119 Å². The molecule has 1 aromatic rings. The van der Waals surface area contributed by atoms with E-state index in [-0.39, 0.29) is 11.3 Å². The Balaban J connectivity index is 2.92. The van der Waals surface area contributed by atoms with E-state index in [2.05, 4.69) is 43.6 Å². The molecule has 2 nitrogen and oxygen atoms in total. The maximum Gasteiger partial charge on any atom is 0.227 e. The Morgan fingerprint density at radius 1 is 1.33 bits per heavy atom. The third-order valence-corrected chi connectivity index (χ3v) is 3.04. The number of carbonyl (C=O) groups is 1. The third-order valence-electron chi connectivity index (χ3n) is 2.55. The van der Waals surface area contributed by atoms with Gasteiger partial charge in [-0.3, -0.25) is 4.79 Å². The molecule has 0 saturated heterocycles. The summed E-state index contributed by atoms with van der Waals surface area (Å²) >= 11 is 3.45. The lowest BCUT2D eigenvalue weighted by molar-refractivity contribution is -0.120. The first kappa shape index (κ1) is 15.2. The number of halogens is 1. The van der Waals surface area contributed by atoms with E-state index in [0.29, 0.717) is 6.42 Å². The zero-order valence-electron chi connectivity index (χ0n) is 11.7. The van der Waals surface area contributed by atoms with Crippen LogP contribution in [0.25, 0.3) is 0 Å². The number of nitrogens with zero attached hydrogens (tertiary/aromatic N) is 1. The molecule has 0 unspecified atom stereocenters. The zero-order chi connectivity index (χ0) is 13.8. The topological polar surface area (TPSA) is 20.3 Å². The van der Waals surface area contributed by atoms with E-state index in [4.69, 9.17) is 0 Å². The minimum atomic E-state index is 0.0229. The molecule has 0 aliphatic rings. The number of rotatable bonds is 4. The lowest BCUT2D eigenvalue weighted by Gasteiger charge is -2.26. The van der Waals surface area contributed by atoms with Crippen LogP contribution in [0.1, 0.15) is 40.5 Å². The van der Waals surface area contributed by atoms with Crippen LogP contribution in [0.3, 0.4) is 0 Å². The summed E-state index contributed by atoms with van der Waals surface area (Å²) in [6.07, 6.45) is 1.53. The van der Waals surface area contributed by atoms with Crippen LogP contribution in [-0.4, -0.2) is 12.5 Å². The Morgan fingerprint density at radius 3 is 2.50 bits per heavy atom. The van der Waals surface area contributed by atoms with Gasteiger partial charge in [-0.15, -0.1) is 0 Å². The predicted octanol–water partition coefficient (Wildman–Crippen LogP) is 4.63. The van der Waals surface area contributed by atoms with E-state index in [1.807, 2.05) is 29.2 Å². The molecule has 0 spiro atoms. The van der Waals surface area contributed by atoms with Gasteiger partial charge < -0.3 is 4.90 Å². The van der Waals surface area contributed by atoms with E-state index in [1.165, 1.54) is 0 Å². The van der Waals surface area contributed by atoms with Crippen LogP contribution >= 0.6 is 15.9 Å². The highest BCUT2D eigenvalue weighted by molar-refractivity contribution is 9.10. The van der Waals surface area contributed by atoms with Crippen molar-refractivity contribution in [3.05, 3.63) is 28.7 Å². The Bertz CT molecular complexity index is 409. The quantitative estimate of drug-likeness (QED) is 0.794. The molecule has 1 aromatic carbocycles. The van der Waals surface area contributed by atoms with Gasteiger partial charge in [0.25, 0.3) is 0 Å². The molecule has 0 bridgehead atoms. The van der Waals surface area contributed by atoms with Gasteiger partial charge in [0.05, 0.1) is 0 Å². The minimum absolute atomic E-state index is 0.0229. The molecule has 0 heterocycles. The average Bonchev–Trinajstić information content (AvgIpc) is 2.23. The first-order valence-electron chi connectivity index (χ1n) is 6.39. The van der Waals surface area contributed by atoms with Gasteiger partial charge in [-0.1, -0.05) is 49.7 Å². The van der Waals surface area contributed by atoms with Crippen LogP contribution in [0.2, 0.25) is 0 Å².